The van der Waals surface area contributed by atoms with Crippen LogP contribution in [-0.2, 0) is 0 Å². The molecule has 10 aromatic rings. The average molecular weight is 1180 g/mol. The van der Waals surface area contributed by atoms with Crippen LogP contribution in [0.5, 0.6) is 23.0 Å². The van der Waals surface area contributed by atoms with Gasteiger partial charge in [-0.2, -0.15) is 0 Å². The molecule has 8 heterocycles. The summed E-state index contributed by atoms with van der Waals surface area (Å²) < 4.78 is 25.5. The highest BCUT2D eigenvalue weighted by atomic mass is 32.1. The number of ether oxygens (including phenoxy) is 4. The molecule has 4 nitrogen and oxygen atoms in total. The molecule has 0 atom stereocenters. The zero-order chi connectivity index (χ0) is 53.5. The van der Waals surface area contributed by atoms with E-state index in [4.69, 9.17) is 18.9 Å². The van der Waals surface area contributed by atoms with Crippen molar-refractivity contribution in [2.45, 2.75) is 105 Å². The van der Waals surface area contributed by atoms with Gasteiger partial charge in [0.15, 0.2) is 0 Å². The van der Waals surface area contributed by atoms with Crippen molar-refractivity contribution in [1.82, 2.24) is 0 Å². The van der Waals surface area contributed by atoms with E-state index in [-0.39, 0.29) is 0 Å². The quantitative estimate of drug-likeness (QED) is 0.0332. The molecule has 8 aromatic heterocycles. The zero-order valence-corrected chi connectivity index (χ0v) is 51.6. The van der Waals surface area contributed by atoms with Crippen molar-refractivity contribution in [1.29, 1.82) is 0 Å². The van der Waals surface area contributed by atoms with Crippen molar-refractivity contribution in [3.05, 3.63) is 143 Å². The van der Waals surface area contributed by atoms with Crippen molar-refractivity contribution < 1.29 is 18.9 Å². The van der Waals surface area contributed by atoms with Gasteiger partial charge >= 0.3 is 0 Å². The van der Waals surface area contributed by atoms with Crippen LogP contribution in [0.3, 0.4) is 0 Å². The molecule has 10 rings (SSSR count). The molecule has 0 fully saturated rings. The molecule has 0 N–H and O–H groups in total. The minimum absolute atomic E-state index is 0.724. The van der Waals surface area contributed by atoms with E-state index in [0.717, 1.165) is 86.2 Å². The maximum atomic E-state index is 6.55. The largest absolute Gasteiger partial charge is 0.492 e. The molecule has 0 bridgehead atoms. The van der Waals surface area contributed by atoms with E-state index in [1.54, 1.807) is 22.7 Å². The Bertz CT molecular complexity index is 3210. The van der Waals surface area contributed by atoms with Crippen LogP contribution in [-0.4, -0.2) is 26.4 Å². The molecule has 0 saturated heterocycles. The van der Waals surface area contributed by atoms with Crippen LogP contribution < -0.4 is 18.9 Å². The zero-order valence-electron chi connectivity index (χ0n) is 45.1. The van der Waals surface area contributed by atoms with Gasteiger partial charge in [0.25, 0.3) is 0 Å². The molecule has 0 radical (unpaired) electrons. The van der Waals surface area contributed by atoms with E-state index in [1.165, 1.54) is 131 Å². The fourth-order valence-electron chi connectivity index (χ4n) is 8.99. The Morgan fingerprint density at radius 1 is 0.295 bits per heavy atom. The van der Waals surface area contributed by atoms with Gasteiger partial charge in [0.1, 0.15) is 23.0 Å². The van der Waals surface area contributed by atoms with Gasteiger partial charge in [-0.05, 0) is 131 Å². The molecule has 0 aliphatic rings. The van der Waals surface area contributed by atoms with Crippen molar-refractivity contribution in [3.8, 4) is 102 Å². The Morgan fingerprint density at radius 3 is 0.936 bits per heavy atom. The van der Waals surface area contributed by atoms with E-state index in [0.29, 0.717) is 0 Å². The Labute approximate surface area is 494 Å². The van der Waals surface area contributed by atoms with Crippen LogP contribution in [0.1, 0.15) is 116 Å². The molecule has 0 saturated carbocycles. The smallest absolute Gasteiger partial charge is 0.139 e. The van der Waals surface area contributed by atoms with Gasteiger partial charge < -0.3 is 18.9 Å². The first kappa shape index (κ1) is 56.3. The fourth-order valence-corrected chi connectivity index (χ4v) is 17.6. The first-order chi connectivity index (χ1) is 38.5. The minimum Gasteiger partial charge on any atom is -0.492 e. The summed E-state index contributed by atoms with van der Waals surface area (Å²) in [6.07, 6.45) is 18.2. The highest BCUT2D eigenvalue weighted by molar-refractivity contribution is 7.30. The number of hydrogen-bond acceptors (Lipinski definition) is 12. The van der Waals surface area contributed by atoms with Gasteiger partial charge in [-0.15, -0.1) is 90.7 Å². The van der Waals surface area contributed by atoms with E-state index < -0.39 is 0 Å². The van der Waals surface area contributed by atoms with Crippen LogP contribution in [0.25, 0.3) is 91.6 Å². The lowest BCUT2D eigenvalue weighted by Gasteiger charge is -2.05. The summed E-state index contributed by atoms with van der Waals surface area (Å²) in [6.45, 7) is 11.9. The lowest BCUT2D eigenvalue weighted by Crippen LogP contribution is -1.96. The predicted molar refractivity (Wildman–Crippen MR) is 348 cm³/mol. The second-order valence-corrected chi connectivity index (χ2v) is 27.6. The molecule has 0 aliphatic carbocycles. The van der Waals surface area contributed by atoms with Gasteiger partial charge in [0, 0.05) is 48.8 Å². The number of rotatable bonds is 30. The molecule has 78 heavy (non-hydrogen) atoms. The van der Waals surface area contributed by atoms with Crippen molar-refractivity contribution in [2.24, 2.45) is 0 Å². The van der Waals surface area contributed by atoms with Gasteiger partial charge in [0.05, 0.1) is 45.9 Å². The number of hydrogen-bond donors (Lipinski definition) is 0. The minimum atomic E-state index is 0.724. The van der Waals surface area contributed by atoms with Crippen LogP contribution >= 0.6 is 90.7 Å². The first-order valence-electron chi connectivity index (χ1n) is 27.7. The normalized spacial score (nSPS) is 11.6. The summed E-state index contributed by atoms with van der Waals surface area (Å²) in [6, 6.07) is 44.7. The summed E-state index contributed by atoms with van der Waals surface area (Å²) in [5.41, 5.74) is 4.72. The van der Waals surface area contributed by atoms with E-state index in [9.17, 15) is 0 Å². The molecule has 0 unspecified atom stereocenters. The van der Waals surface area contributed by atoms with Crippen molar-refractivity contribution in [3.63, 3.8) is 0 Å². The monoisotopic (exact) mass is 1180 g/mol. The lowest BCUT2D eigenvalue weighted by atomic mass is 10.1. The van der Waals surface area contributed by atoms with Crippen LogP contribution in [0.15, 0.2) is 132 Å². The Balaban J connectivity index is 0.810. The summed E-state index contributed by atoms with van der Waals surface area (Å²) in [7, 11) is 0. The van der Waals surface area contributed by atoms with Crippen LogP contribution in [0.4, 0.5) is 0 Å². The molecule has 0 spiro atoms. The Hall–Kier alpha value is -5.02. The van der Waals surface area contributed by atoms with Gasteiger partial charge in [-0.3, -0.25) is 0 Å². The summed E-state index contributed by atoms with van der Waals surface area (Å²) >= 11 is 14.6. The molecule has 0 amide bonds. The number of thiophene rings is 8. The third-order valence-electron chi connectivity index (χ3n) is 13.3. The topological polar surface area (TPSA) is 36.9 Å². The highest BCUT2D eigenvalue weighted by Crippen LogP contribution is 2.51. The molecule has 0 aliphatic heterocycles. The molecular weight excluding hydrogens is 1110 g/mol. The third kappa shape index (κ3) is 14.3. The van der Waals surface area contributed by atoms with E-state index in [1.807, 2.05) is 68.0 Å². The number of unbranched alkanes of at least 4 members (excludes halogenated alkanes) is 8. The molecular formula is C66H68O4S8. The number of benzene rings is 2. The molecule has 12 heteroatoms. The average Bonchev–Trinajstić information content (AvgIpc) is 4.33. The fraction of sp³-hybridized carbons (Fsp3) is 0.303. The van der Waals surface area contributed by atoms with Gasteiger partial charge in [-0.25, -0.2) is 0 Å². The van der Waals surface area contributed by atoms with Crippen LogP contribution in [0.2, 0.25) is 0 Å². The van der Waals surface area contributed by atoms with Gasteiger partial charge in [-0.1, -0.05) is 140 Å². The maximum absolute atomic E-state index is 6.55. The third-order valence-corrected chi connectivity index (χ3v) is 22.9. The van der Waals surface area contributed by atoms with E-state index >= 15 is 0 Å². The molecule has 2 aromatic carbocycles. The summed E-state index contributed by atoms with van der Waals surface area (Å²) in [5, 5.41) is 4.29. The summed E-state index contributed by atoms with van der Waals surface area (Å²) in [4.78, 5) is 17.4. The Morgan fingerprint density at radius 2 is 0.603 bits per heavy atom. The van der Waals surface area contributed by atoms with Crippen LogP contribution in [0, 0.1) is 0 Å². The lowest BCUT2D eigenvalue weighted by molar-refractivity contribution is 0.308. The van der Waals surface area contributed by atoms with Crippen molar-refractivity contribution in [2.75, 3.05) is 26.4 Å². The standard InChI is InChI=1S/C66H68O4S8/c1-5-9-13-37-67-49-35-41-71-63(49)57-31-27-53(73-57)55-29-33-59(75-55)65-51(69-39-15-11-7-3)43-61(77-65)47-23-19-45(20-24-47)17-18-46-21-25-48(26-22-46)62-44-52(70-40-16-12-8-4)66(78-62)60-34-30-56(76-60)54-28-32-58(74-54)64-50(36-42-72-64)68-38-14-10-6-2/h17-36,41-44H,5-16,37-40H2,1-4H3. The van der Waals surface area contributed by atoms with Crippen molar-refractivity contribution >= 4 is 103 Å². The SMILES string of the molecule is CCCCCOc1ccsc1-c1ccc(-c2ccc(-c3sc(-c4ccc(C=Cc5ccc(-c6cc(OCCCCC)c(-c7ccc(-c8ccc(-c9sccc9OCCCCC)s8)s7)s6)cc5)cc4)cc3OCCCCC)s2)s1. The highest BCUT2D eigenvalue weighted by Gasteiger charge is 2.21. The second kappa shape index (κ2) is 28.4. The summed E-state index contributed by atoms with van der Waals surface area (Å²) in [5.74, 6) is 3.97. The second-order valence-electron chi connectivity index (χ2n) is 19.3. The predicted octanol–water partition coefficient (Wildman–Crippen LogP) is 24.0. The molecule has 404 valence electrons. The first-order valence-corrected chi connectivity index (χ1v) is 34.4. The maximum Gasteiger partial charge on any atom is 0.139 e. The Kier molecular flexibility index (Phi) is 20.5. The van der Waals surface area contributed by atoms with E-state index in [2.05, 4.69) is 172 Å². The van der Waals surface area contributed by atoms with Gasteiger partial charge in [0.2, 0.25) is 0 Å².